The van der Waals surface area contributed by atoms with E-state index >= 15 is 0 Å². The van der Waals surface area contributed by atoms with E-state index in [-0.39, 0.29) is 0 Å². The molecular formula is C21H21N5S. The number of nitriles is 1. The van der Waals surface area contributed by atoms with Crippen molar-refractivity contribution in [1.29, 1.82) is 5.26 Å². The molecule has 0 aliphatic carbocycles. The summed E-state index contributed by atoms with van der Waals surface area (Å²) in [7, 11) is 0. The molecule has 4 heterocycles. The van der Waals surface area contributed by atoms with E-state index in [1.54, 1.807) is 12.4 Å². The molecule has 3 aromatic heterocycles. The van der Waals surface area contributed by atoms with Crippen LogP contribution in [0.15, 0.2) is 48.1 Å². The quantitative estimate of drug-likeness (QED) is 0.732. The molecule has 0 saturated carbocycles. The molecule has 6 heteroatoms. The predicted octanol–water partition coefficient (Wildman–Crippen LogP) is 3.94. The van der Waals surface area contributed by atoms with Gasteiger partial charge in [0.05, 0.1) is 11.3 Å². The van der Waals surface area contributed by atoms with Gasteiger partial charge in [0, 0.05) is 48.5 Å². The molecule has 0 aromatic carbocycles. The summed E-state index contributed by atoms with van der Waals surface area (Å²) in [5.41, 5.74) is 3.85. The third-order valence-corrected chi connectivity index (χ3v) is 6.04. The molecule has 1 aliphatic heterocycles. The number of fused-ring (bicyclic) bond motifs is 1. The Hall–Kier alpha value is -2.75. The van der Waals surface area contributed by atoms with Crippen LogP contribution in [0.5, 0.6) is 0 Å². The Morgan fingerprint density at radius 3 is 2.93 bits per heavy atom. The molecule has 4 rings (SSSR count). The Balaban J connectivity index is 1.47. The minimum atomic E-state index is 0.357. The molecule has 0 amide bonds. The van der Waals surface area contributed by atoms with Gasteiger partial charge in [-0.1, -0.05) is 0 Å². The number of nitrogens with one attached hydrogen (secondary N) is 1. The van der Waals surface area contributed by atoms with Gasteiger partial charge in [0.1, 0.15) is 11.9 Å². The number of nitrogens with zero attached hydrogens (tertiary/aromatic N) is 4. The van der Waals surface area contributed by atoms with E-state index in [1.807, 2.05) is 35.6 Å². The topological polar surface area (TPSA) is 64.8 Å². The van der Waals surface area contributed by atoms with Crippen molar-refractivity contribution in [3.05, 3.63) is 64.1 Å². The van der Waals surface area contributed by atoms with E-state index in [0.717, 1.165) is 37.3 Å². The van der Waals surface area contributed by atoms with Crippen LogP contribution < -0.4 is 5.32 Å². The number of anilines is 1. The molecule has 5 nitrogen and oxygen atoms in total. The maximum Gasteiger partial charge on any atom is 0.144 e. The summed E-state index contributed by atoms with van der Waals surface area (Å²) < 4.78 is 0. The standard InChI is InChI=1S/C21H21N5S/c1-15(26-10-6-20-18(14-26)7-11-27-20)13-24-21-17(12-22)2-3-19(25-21)16-4-8-23-9-5-16/h2-5,7-9,11,15H,6,10,13-14H2,1H3,(H,24,25). The fourth-order valence-electron chi connectivity index (χ4n) is 3.39. The summed E-state index contributed by atoms with van der Waals surface area (Å²) in [6, 6.07) is 12.4. The average molecular weight is 376 g/mol. The van der Waals surface area contributed by atoms with E-state index in [0.29, 0.717) is 17.4 Å². The first-order valence-electron chi connectivity index (χ1n) is 9.09. The monoisotopic (exact) mass is 375 g/mol. The van der Waals surface area contributed by atoms with Gasteiger partial charge in [-0.25, -0.2) is 4.98 Å². The molecule has 0 fully saturated rings. The van der Waals surface area contributed by atoms with Gasteiger partial charge in [-0.15, -0.1) is 11.3 Å². The summed E-state index contributed by atoms with van der Waals surface area (Å²) in [5.74, 6) is 0.645. The maximum absolute atomic E-state index is 9.43. The van der Waals surface area contributed by atoms with Gasteiger partial charge in [-0.2, -0.15) is 5.26 Å². The number of hydrogen-bond acceptors (Lipinski definition) is 6. The van der Waals surface area contributed by atoms with E-state index in [1.165, 1.54) is 10.4 Å². The molecule has 1 atom stereocenters. The third kappa shape index (κ3) is 3.85. The van der Waals surface area contributed by atoms with Crippen molar-refractivity contribution in [3.8, 4) is 17.3 Å². The maximum atomic E-state index is 9.43. The normalized spacial score (nSPS) is 15.0. The zero-order chi connectivity index (χ0) is 18.6. The second-order valence-corrected chi connectivity index (χ2v) is 7.76. The van der Waals surface area contributed by atoms with Gasteiger partial charge in [0.2, 0.25) is 0 Å². The molecule has 1 unspecified atom stereocenters. The van der Waals surface area contributed by atoms with E-state index in [9.17, 15) is 5.26 Å². The zero-order valence-corrected chi connectivity index (χ0v) is 16.0. The highest BCUT2D eigenvalue weighted by Crippen LogP contribution is 2.26. The van der Waals surface area contributed by atoms with Crippen molar-refractivity contribution in [3.63, 3.8) is 0 Å². The Labute approximate surface area is 163 Å². The van der Waals surface area contributed by atoms with Crippen LogP contribution in [-0.2, 0) is 13.0 Å². The average Bonchev–Trinajstić information content (AvgIpc) is 3.20. The Kier molecular flexibility index (Phi) is 5.14. The lowest BCUT2D eigenvalue weighted by Gasteiger charge is -2.32. The van der Waals surface area contributed by atoms with Crippen LogP contribution in [0.25, 0.3) is 11.3 Å². The summed E-state index contributed by atoms with van der Waals surface area (Å²) in [6.45, 7) is 5.05. The zero-order valence-electron chi connectivity index (χ0n) is 15.2. The van der Waals surface area contributed by atoms with Gasteiger partial charge >= 0.3 is 0 Å². The summed E-state index contributed by atoms with van der Waals surface area (Å²) >= 11 is 1.86. The Bertz CT molecular complexity index is 960. The van der Waals surface area contributed by atoms with Gasteiger partial charge < -0.3 is 5.32 Å². The molecule has 27 heavy (non-hydrogen) atoms. The van der Waals surface area contributed by atoms with Gasteiger partial charge in [-0.05, 0) is 54.6 Å². The fraction of sp³-hybridized carbons (Fsp3) is 0.286. The second kappa shape index (κ2) is 7.87. The Morgan fingerprint density at radius 1 is 1.26 bits per heavy atom. The first-order valence-corrected chi connectivity index (χ1v) is 9.97. The summed E-state index contributed by atoms with van der Waals surface area (Å²) in [5, 5.41) is 15.0. The number of aromatic nitrogens is 2. The van der Waals surface area contributed by atoms with Crippen LogP contribution in [-0.4, -0.2) is 34.0 Å². The molecule has 136 valence electrons. The highest BCUT2D eigenvalue weighted by atomic mass is 32.1. The Morgan fingerprint density at radius 2 is 2.11 bits per heavy atom. The smallest absolute Gasteiger partial charge is 0.144 e. The SMILES string of the molecule is CC(CNc1nc(-c2ccncc2)ccc1C#N)N1CCc2sccc2C1. The molecule has 1 aliphatic rings. The van der Waals surface area contributed by atoms with Crippen molar-refractivity contribution in [2.45, 2.75) is 25.9 Å². The largest absolute Gasteiger partial charge is 0.367 e. The van der Waals surface area contributed by atoms with Gasteiger partial charge in [0.15, 0.2) is 0 Å². The van der Waals surface area contributed by atoms with Crippen LogP contribution in [0.4, 0.5) is 5.82 Å². The molecule has 0 radical (unpaired) electrons. The number of hydrogen-bond donors (Lipinski definition) is 1. The lowest BCUT2D eigenvalue weighted by atomic mass is 10.1. The lowest BCUT2D eigenvalue weighted by molar-refractivity contribution is 0.200. The van der Waals surface area contributed by atoms with E-state index in [2.05, 4.69) is 44.6 Å². The van der Waals surface area contributed by atoms with Crippen molar-refractivity contribution >= 4 is 17.2 Å². The minimum Gasteiger partial charge on any atom is -0.367 e. The van der Waals surface area contributed by atoms with Crippen LogP contribution >= 0.6 is 11.3 Å². The van der Waals surface area contributed by atoms with Crippen LogP contribution in [0.2, 0.25) is 0 Å². The molecule has 0 bridgehead atoms. The number of thiophene rings is 1. The van der Waals surface area contributed by atoms with Crippen LogP contribution in [0, 0.1) is 11.3 Å². The molecule has 0 saturated heterocycles. The number of pyridine rings is 2. The molecule has 0 spiro atoms. The fourth-order valence-corrected chi connectivity index (χ4v) is 4.28. The molecule has 3 aromatic rings. The van der Waals surface area contributed by atoms with Crippen LogP contribution in [0.3, 0.4) is 0 Å². The van der Waals surface area contributed by atoms with Crippen molar-refractivity contribution in [2.24, 2.45) is 0 Å². The van der Waals surface area contributed by atoms with Crippen molar-refractivity contribution < 1.29 is 0 Å². The predicted molar refractivity (Wildman–Crippen MR) is 109 cm³/mol. The highest BCUT2D eigenvalue weighted by molar-refractivity contribution is 7.10. The van der Waals surface area contributed by atoms with E-state index < -0.39 is 0 Å². The van der Waals surface area contributed by atoms with Crippen LogP contribution in [0.1, 0.15) is 22.9 Å². The van der Waals surface area contributed by atoms with E-state index in [4.69, 9.17) is 0 Å². The number of rotatable bonds is 5. The van der Waals surface area contributed by atoms with Crippen molar-refractivity contribution in [1.82, 2.24) is 14.9 Å². The minimum absolute atomic E-state index is 0.357. The lowest BCUT2D eigenvalue weighted by Crippen LogP contribution is -2.41. The highest BCUT2D eigenvalue weighted by Gasteiger charge is 2.21. The van der Waals surface area contributed by atoms with Crippen molar-refractivity contribution in [2.75, 3.05) is 18.4 Å². The first kappa shape index (κ1) is 17.7. The second-order valence-electron chi connectivity index (χ2n) is 6.76. The molecule has 1 N–H and O–H groups in total. The summed E-state index contributed by atoms with van der Waals surface area (Å²) in [4.78, 5) is 12.7. The molecular weight excluding hydrogens is 354 g/mol. The van der Waals surface area contributed by atoms with Gasteiger partial charge in [0.25, 0.3) is 0 Å². The first-order chi connectivity index (χ1) is 13.2. The summed E-state index contributed by atoms with van der Waals surface area (Å²) in [6.07, 6.45) is 4.62. The third-order valence-electron chi connectivity index (χ3n) is 5.02. The van der Waals surface area contributed by atoms with Gasteiger partial charge in [-0.3, -0.25) is 9.88 Å².